The van der Waals surface area contributed by atoms with Gasteiger partial charge in [-0.25, -0.2) is 4.79 Å². The van der Waals surface area contributed by atoms with E-state index in [-0.39, 0.29) is 16.8 Å². The van der Waals surface area contributed by atoms with E-state index in [4.69, 9.17) is 9.84 Å². The number of ether oxygens (including phenoxy) is 1. The second-order valence-corrected chi connectivity index (χ2v) is 5.95. The van der Waals surface area contributed by atoms with Crippen molar-refractivity contribution in [2.45, 2.75) is 25.9 Å². The maximum absolute atomic E-state index is 12.2. The standard InChI is InChI=1S/C13H18N2O4S/c1-8(2)14-12(16)9-7-19-6-5-15(9)11-4-3-10(20-11)13(17)18/h3-4,8-9H,5-7H2,1-2H3,(H,14,16)(H,17,18). The molecular weight excluding hydrogens is 280 g/mol. The normalized spacial score (nSPS) is 19.1. The zero-order chi connectivity index (χ0) is 14.7. The molecule has 1 unspecified atom stereocenters. The average Bonchev–Trinajstić information content (AvgIpc) is 2.87. The molecule has 2 heterocycles. The third-order valence-electron chi connectivity index (χ3n) is 2.95. The Hall–Kier alpha value is -1.60. The van der Waals surface area contributed by atoms with Gasteiger partial charge in [0.15, 0.2) is 0 Å². The molecule has 2 rings (SSSR count). The number of hydrogen-bond donors (Lipinski definition) is 2. The van der Waals surface area contributed by atoms with E-state index in [0.29, 0.717) is 19.8 Å². The van der Waals surface area contributed by atoms with Crippen LogP contribution >= 0.6 is 11.3 Å². The Labute approximate surface area is 121 Å². The fourth-order valence-corrected chi connectivity index (χ4v) is 2.98. The number of carboxylic acid groups (broad SMARTS) is 1. The molecule has 6 nitrogen and oxygen atoms in total. The summed E-state index contributed by atoms with van der Waals surface area (Å²) in [6, 6.07) is 2.96. The summed E-state index contributed by atoms with van der Waals surface area (Å²) in [6.07, 6.45) is 0. The van der Waals surface area contributed by atoms with E-state index < -0.39 is 12.0 Å². The first kappa shape index (κ1) is 14.8. The number of carbonyl (C=O) groups excluding carboxylic acids is 1. The molecular formula is C13H18N2O4S. The van der Waals surface area contributed by atoms with Crippen molar-refractivity contribution in [2.75, 3.05) is 24.7 Å². The highest BCUT2D eigenvalue weighted by Crippen LogP contribution is 2.29. The Balaban J connectivity index is 2.17. The predicted molar refractivity (Wildman–Crippen MR) is 76.5 cm³/mol. The Kier molecular flexibility index (Phi) is 4.61. The monoisotopic (exact) mass is 298 g/mol. The summed E-state index contributed by atoms with van der Waals surface area (Å²) in [4.78, 5) is 25.3. The summed E-state index contributed by atoms with van der Waals surface area (Å²) in [6.45, 7) is 5.24. The number of morpholine rings is 1. The zero-order valence-electron chi connectivity index (χ0n) is 11.5. The van der Waals surface area contributed by atoms with Gasteiger partial charge in [0.25, 0.3) is 0 Å². The van der Waals surface area contributed by atoms with Gasteiger partial charge < -0.3 is 20.1 Å². The highest BCUT2D eigenvalue weighted by molar-refractivity contribution is 7.17. The second-order valence-electron chi connectivity index (χ2n) is 4.89. The van der Waals surface area contributed by atoms with E-state index in [0.717, 1.165) is 5.00 Å². The summed E-state index contributed by atoms with van der Waals surface area (Å²) in [5.74, 6) is -1.04. The van der Waals surface area contributed by atoms with Gasteiger partial charge in [0, 0.05) is 12.6 Å². The number of aromatic carboxylic acids is 1. The van der Waals surface area contributed by atoms with E-state index in [1.165, 1.54) is 11.3 Å². The molecule has 0 aliphatic carbocycles. The van der Waals surface area contributed by atoms with E-state index in [2.05, 4.69) is 5.32 Å². The molecule has 1 aliphatic heterocycles. The summed E-state index contributed by atoms with van der Waals surface area (Å²) >= 11 is 1.18. The number of rotatable bonds is 4. The van der Waals surface area contributed by atoms with Crippen molar-refractivity contribution in [1.29, 1.82) is 0 Å². The van der Waals surface area contributed by atoms with Crippen molar-refractivity contribution in [2.24, 2.45) is 0 Å². The van der Waals surface area contributed by atoms with Crippen LogP contribution in [0.4, 0.5) is 5.00 Å². The number of anilines is 1. The summed E-state index contributed by atoms with van der Waals surface area (Å²) in [5.41, 5.74) is 0. The van der Waals surface area contributed by atoms with Crippen LogP contribution in [-0.4, -0.2) is 48.8 Å². The minimum atomic E-state index is -0.947. The SMILES string of the molecule is CC(C)NC(=O)C1COCCN1c1ccc(C(=O)O)s1. The first-order chi connectivity index (χ1) is 9.49. The molecule has 1 aliphatic rings. The topological polar surface area (TPSA) is 78.9 Å². The van der Waals surface area contributed by atoms with E-state index >= 15 is 0 Å². The van der Waals surface area contributed by atoms with Crippen LogP contribution in [0, 0.1) is 0 Å². The van der Waals surface area contributed by atoms with Crippen molar-refractivity contribution >= 4 is 28.2 Å². The summed E-state index contributed by atoms with van der Waals surface area (Å²) in [5, 5.41) is 12.6. The van der Waals surface area contributed by atoms with Crippen molar-refractivity contribution in [1.82, 2.24) is 5.32 Å². The van der Waals surface area contributed by atoms with Gasteiger partial charge >= 0.3 is 5.97 Å². The van der Waals surface area contributed by atoms with Crippen molar-refractivity contribution in [3.63, 3.8) is 0 Å². The van der Waals surface area contributed by atoms with Crippen LogP contribution in [0.5, 0.6) is 0 Å². The van der Waals surface area contributed by atoms with Gasteiger partial charge in [0.2, 0.25) is 5.91 Å². The Morgan fingerprint density at radius 1 is 1.50 bits per heavy atom. The number of nitrogens with one attached hydrogen (secondary N) is 1. The molecule has 1 saturated heterocycles. The average molecular weight is 298 g/mol. The molecule has 0 radical (unpaired) electrons. The van der Waals surface area contributed by atoms with Gasteiger partial charge in [0.05, 0.1) is 18.2 Å². The van der Waals surface area contributed by atoms with E-state index in [9.17, 15) is 9.59 Å². The highest BCUT2D eigenvalue weighted by Gasteiger charge is 2.31. The van der Waals surface area contributed by atoms with Crippen LogP contribution in [0.2, 0.25) is 0 Å². The fourth-order valence-electron chi connectivity index (χ4n) is 2.06. The lowest BCUT2D eigenvalue weighted by atomic mass is 10.2. The highest BCUT2D eigenvalue weighted by atomic mass is 32.1. The lowest BCUT2D eigenvalue weighted by molar-refractivity contribution is -0.125. The van der Waals surface area contributed by atoms with Gasteiger partial charge in [-0.05, 0) is 26.0 Å². The van der Waals surface area contributed by atoms with Crippen LogP contribution in [0.1, 0.15) is 23.5 Å². The molecule has 0 aromatic carbocycles. The molecule has 20 heavy (non-hydrogen) atoms. The van der Waals surface area contributed by atoms with Crippen LogP contribution in [0.15, 0.2) is 12.1 Å². The summed E-state index contributed by atoms with van der Waals surface area (Å²) < 4.78 is 5.38. The molecule has 7 heteroatoms. The fraction of sp³-hybridized carbons (Fsp3) is 0.538. The number of hydrogen-bond acceptors (Lipinski definition) is 5. The van der Waals surface area contributed by atoms with Crippen LogP contribution in [0.25, 0.3) is 0 Å². The van der Waals surface area contributed by atoms with Gasteiger partial charge in [-0.2, -0.15) is 0 Å². The lowest BCUT2D eigenvalue weighted by Crippen LogP contribution is -2.54. The molecule has 1 atom stereocenters. The second kappa shape index (κ2) is 6.23. The van der Waals surface area contributed by atoms with Crippen molar-refractivity contribution in [3.8, 4) is 0 Å². The molecule has 2 N–H and O–H groups in total. The number of nitrogens with zero attached hydrogens (tertiary/aromatic N) is 1. The maximum Gasteiger partial charge on any atom is 0.345 e. The van der Waals surface area contributed by atoms with Crippen LogP contribution in [0.3, 0.4) is 0 Å². The minimum absolute atomic E-state index is 0.0594. The predicted octanol–water partition coefficient (Wildman–Crippen LogP) is 1.18. The Morgan fingerprint density at radius 3 is 2.85 bits per heavy atom. The Bertz CT molecular complexity index is 500. The van der Waals surface area contributed by atoms with E-state index in [1.54, 1.807) is 12.1 Å². The van der Waals surface area contributed by atoms with Gasteiger partial charge in [-0.15, -0.1) is 11.3 Å². The van der Waals surface area contributed by atoms with Crippen LogP contribution < -0.4 is 10.2 Å². The zero-order valence-corrected chi connectivity index (χ0v) is 12.3. The molecule has 1 fully saturated rings. The van der Waals surface area contributed by atoms with E-state index in [1.807, 2.05) is 18.7 Å². The molecule has 1 aromatic rings. The molecule has 0 saturated carbocycles. The first-order valence-electron chi connectivity index (χ1n) is 6.47. The largest absolute Gasteiger partial charge is 0.477 e. The number of carbonyl (C=O) groups is 2. The van der Waals surface area contributed by atoms with Gasteiger partial charge in [0.1, 0.15) is 10.9 Å². The van der Waals surface area contributed by atoms with Crippen LogP contribution in [-0.2, 0) is 9.53 Å². The third-order valence-corrected chi connectivity index (χ3v) is 4.06. The molecule has 0 bridgehead atoms. The maximum atomic E-state index is 12.2. The minimum Gasteiger partial charge on any atom is -0.477 e. The smallest absolute Gasteiger partial charge is 0.345 e. The van der Waals surface area contributed by atoms with Gasteiger partial charge in [-0.3, -0.25) is 4.79 Å². The molecule has 0 spiro atoms. The molecule has 110 valence electrons. The first-order valence-corrected chi connectivity index (χ1v) is 7.28. The molecule has 1 amide bonds. The molecule has 1 aromatic heterocycles. The number of thiophene rings is 1. The number of amides is 1. The van der Waals surface area contributed by atoms with Gasteiger partial charge in [-0.1, -0.05) is 0 Å². The quantitative estimate of drug-likeness (QED) is 0.872. The van der Waals surface area contributed by atoms with Crippen molar-refractivity contribution in [3.05, 3.63) is 17.0 Å². The third kappa shape index (κ3) is 3.29. The lowest BCUT2D eigenvalue weighted by Gasteiger charge is -2.35. The number of carboxylic acids is 1. The van der Waals surface area contributed by atoms with Crippen molar-refractivity contribution < 1.29 is 19.4 Å². The Morgan fingerprint density at radius 2 is 2.25 bits per heavy atom. The summed E-state index contributed by atoms with van der Waals surface area (Å²) in [7, 11) is 0.